The van der Waals surface area contributed by atoms with E-state index < -0.39 is 6.10 Å². The quantitative estimate of drug-likeness (QED) is 0.760. The minimum atomic E-state index is -0.534. The minimum Gasteiger partial charge on any atom is -0.506 e. The second kappa shape index (κ2) is 3.96. The lowest BCUT2D eigenvalue weighted by Crippen LogP contribution is -2.05. The first-order valence-corrected chi connectivity index (χ1v) is 4.83. The SMILES string of the molecule is CCC(O)c1nc(C)c(O)c(C)c1C. The molecule has 78 valence electrons. The Hall–Kier alpha value is -1.09. The molecule has 0 saturated heterocycles. The van der Waals surface area contributed by atoms with Crippen LogP contribution in [0.4, 0.5) is 0 Å². The molecule has 0 aliphatic rings. The van der Waals surface area contributed by atoms with Gasteiger partial charge >= 0.3 is 0 Å². The predicted octanol–water partition coefficient (Wildman–Crippen LogP) is 2.16. The maximum atomic E-state index is 9.71. The molecule has 1 aromatic heterocycles. The van der Waals surface area contributed by atoms with E-state index in [-0.39, 0.29) is 5.75 Å². The van der Waals surface area contributed by atoms with E-state index in [0.29, 0.717) is 17.8 Å². The van der Waals surface area contributed by atoms with Gasteiger partial charge in [-0.3, -0.25) is 4.98 Å². The Morgan fingerprint density at radius 2 is 1.79 bits per heavy atom. The zero-order valence-corrected chi connectivity index (χ0v) is 9.13. The van der Waals surface area contributed by atoms with E-state index in [0.717, 1.165) is 11.1 Å². The van der Waals surface area contributed by atoms with Crippen molar-refractivity contribution in [1.29, 1.82) is 0 Å². The predicted molar refractivity (Wildman–Crippen MR) is 55.4 cm³/mol. The Morgan fingerprint density at radius 3 is 2.29 bits per heavy atom. The van der Waals surface area contributed by atoms with Gasteiger partial charge < -0.3 is 10.2 Å². The van der Waals surface area contributed by atoms with Gasteiger partial charge in [0.25, 0.3) is 0 Å². The van der Waals surface area contributed by atoms with E-state index >= 15 is 0 Å². The summed E-state index contributed by atoms with van der Waals surface area (Å²) >= 11 is 0. The van der Waals surface area contributed by atoms with Gasteiger partial charge in [0.15, 0.2) is 0 Å². The molecule has 0 fully saturated rings. The normalized spacial score (nSPS) is 12.9. The second-order valence-electron chi connectivity index (χ2n) is 3.61. The summed E-state index contributed by atoms with van der Waals surface area (Å²) in [4.78, 5) is 4.20. The van der Waals surface area contributed by atoms with Gasteiger partial charge in [-0.05, 0) is 38.3 Å². The van der Waals surface area contributed by atoms with E-state index in [9.17, 15) is 10.2 Å². The summed E-state index contributed by atoms with van der Waals surface area (Å²) in [6.07, 6.45) is 0.102. The number of aliphatic hydroxyl groups excluding tert-OH is 1. The van der Waals surface area contributed by atoms with Crippen LogP contribution in [0.15, 0.2) is 0 Å². The maximum Gasteiger partial charge on any atom is 0.139 e. The van der Waals surface area contributed by atoms with Crippen molar-refractivity contribution in [2.24, 2.45) is 0 Å². The fourth-order valence-corrected chi connectivity index (χ4v) is 1.48. The van der Waals surface area contributed by atoms with Crippen LogP contribution in [0.5, 0.6) is 5.75 Å². The monoisotopic (exact) mass is 195 g/mol. The number of nitrogens with zero attached hydrogens (tertiary/aromatic N) is 1. The smallest absolute Gasteiger partial charge is 0.139 e. The molecule has 1 aromatic rings. The lowest BCUT2D eigenvalue weighted by atomic mass is 10.0. The minimum absolute atomic E-state index is 0.231. The number of rotatable bonds is 2. The molecule has 0 saturated carbocycles. The molecule has 2 N–H and O–H groups in total. The summed E-state index contributed by atoms with van der Waals surface area (Å²) in [5.74, 6) is 0.231. The summed E-state index contributed by atoms with van der Waals surface area (Å²) < 4.78 is 0. The molecule has 0 amide bonds. The van der Waals surface area contributed by atoms with Crippen molar-refractivity contribution in [3.05, 3.63) is 22.5 Å². The van der Waals surface area contributed by atoms with E-state index in [1.807, 2.05) is 20.8 Å². The molecule has 0 aliphatic carbocycles. The zero-order chi connectivity index (χ0) is 10.9. The van der Waals surface area contributed by atoms with Crippen molar-refractivity contribution >= 4 is 0 Å². The summed E-state index contributed by atoms with van der Waals surface area (Å²) in [5.41, 5.74) is 2.94. The van der Waals surface area contributed by atoms with Gasteiger partial charge in [-0.15, -0.1) is 0 Å². The third kappa shape index (κ3) is 1.73. The summed E-state index contributed by atoms with van der Waals surface area (Å²) in [7, 11) is 0. The molecule has 0 aromatic carbocycles. The van der Waals surface area contributed by atoms with Crippen LogP contribution in [0.3, 0.4) is 0 Å². The molecule has 1 atom stereocenters. The van der Waals surface area contributed by atoms with Gasteiger partial charge in [-0.2, -0.15) is 0 Å². The molecule has 0 aliphatic heterocycles. The number of aryl methyl sites for hydroxylation is 1. The Morgan fingerprint density at radius 1 is 1.21 bits per heavy atom. The first-order chi connectivity index (χ1) is 6.49. The van der Waals surface area contributed by atoms with Crippen LogP contribution in [0.1, 0.15) is 42.0 Å². The topological polar surface area (TPSA) is 53.4 Å². The van der Waals surface area contributed by atoms with Crippen molar-refractivity contribution in [2.75, 3.05) is 0 Å². The van der Waals surface area contributed by atoms with Crippen molar-refractivity contribution in [3.8, 4) is 5.75 Å². The second-order valence-corrected chi connectivity index (χ2v) is 3.61. The molecule has 3 nitrogen and oxygen atoms in total. The van der Waals surface area contributed by atoms with Gasteiger partial charge in [0.05, 0.1) is 17.5 Å². The zero-order valence-electron chi connectivity index (χ0n) is 9.13. The van der Waals surface area contributed by atoms with E-state index in [4.69, 9.17) is 0 Å². The number of hydrogen-bond acceptors (Lipinski definition) is 3. The molecule has 1 unspecified atom stereocenters. The molecular formula is C11H17NO2. The van der Waals surface area contributed by atoms with Gasteiger partial charge in [-0.1, -0.05) is 6.92 Å². The molecule has 1 heterocycles. The Kier molecular flexibility index (Phi) is 3.11. The van der Waals surface area contributed by atoms with Crippen LogP contribution in [0.25, 0.3) is 0 Å². The Labute approximate surface area is 84.4 Å². The first-order valence-electron chi connectivity index (χ1n) is 4.83. The van der Waals surface area contributed by atoms with Crippen molar-refractivity contribution < 1.29 is 10.2 Å². The van der Waals surface area contributed by atoms with Gasteiger partial charge in [0.1, 0.15) is 5.75 Å². The average molecular weight is 195 g/mol. The molecule has 3 heteroatoms. The summed E-state index contributed by atoms with van der Waals surface area (Å²) in [6.45, 7) is 7.36. The van der Waals surface area contributed by atoms with Crippen molar-refractivity contribution in [1.82, 2.24) is 4.98 Å². The van der Waals surface area contributed by atoms with E-state index in [1.54, 1.807) is 6.92 Å². The number of aliphatic hydroxyl groups is 1. The highest BCUT2D eigenvalue weighted by atomic mass is 16.3. The fourth-order valence-electron chi connectivity index (χ4n) is 1.48. The maximum absolute atomic E-state index is 9.71. The lowest BCUT2D eigenvalue weighted by Gasteiger charge is -2.15. The highest BCUT2D eigenvalue weighted by Crippen LogP contribution is 2.28. The van der Waals surface area contributed by atoms with Crippen LogP contribution >= 0.6 is 0 Å². The number of hydrogen-bond donors (Lipinski definition) is 2. The summed E-state index contributed by atoms with van der Waals surface area (Å²) in [5, 5.41) is 19.3. The lowest BCUT2D eigenvalue weighted by molar-refractivity contribution is 0.167. The number of aromatic nitrogens is 1. The molecule has 14 heavy (non-hydrogen) atoms. The standard InChI is InChI=1S/C11H17NO2/c1-5-9(13)10-6(2)7(3)11(14)8(4)12-10/h9,13-14H,5H2,1-4H3. The molecular weight excluding hydrogens is 178 g/mol. The first kappa shape index (κ1) is 11.0. The highest BCUT2D eigenvalue weighted by molar-refractivity contribution is 5.43. The Bertz CT molecular complexity index is 348. The van der Waals surface area contributed by atoms with Crippen molar-refractivity contribution in [3.63, 3.8) is 0 Å². The number of aromatic hydroxyl groups is 1. The molecule has 0 bridgehead atoms. The van der Waals surface area contributed by atoms with E-state index in [2.05, 4.69) is 4.98 Å². The largest absolute Gasteiger partial charge is 0.506 e. The number of pyridine rings is 1. The molecule has 0 radical (unpaired) electrons. The third-order valence-corrected chi connectivity index (χ3v) is 2.64. The summed E-state index contributed by atoms with van der Waals surface area (Å²) in [6, 6.07) is 0. The van der Waals surface area contributed by atoms with Crippen LogP contribution in [0.2, 0.25) is 0 Å². The van der Waals surface area contributed by atoms with Crippen LogP contribution in [0, 0.1) is 20.8 Å². The average Bonchev–Trinajstić information content (AvgIpc) is 2.19. The van der Waals surface area contributed by atoms with Crippen LogP contribution < -0.4 is 0 Å². The van der Waals surface area contributed by atoms with E-state index in [1.165, 1.54) is 0 Å². The van der Waals surface area contributed by atoms with Crippen LogP contribution in [-0.4, -0.2) is 15.2 Å². The van der Waals surface area contributed by atoms with Crippen LogP contribution in [-0.2, 0) is 0 Å². The third-order valence-electron chi connectivity index (χ3n) is 2.64. The Balaban J connectivity index is 3.33. The highest BCUT2D eigenvalue weighted by Gasteiger charge is 2.15. The van der Waals surface area contributed by atoms with Gasteiger partial charge in [0, 0.05) is 0 Å². The van der Waals surface area contributed by atoms with Gasteiger partial charge in [-0.25, -0.2) is 0 Å². The van der Waals surface area contributed by atoms with Gasteiger partial charge in [0.2, 0.25) is 0 Å². The fraction of sp³-hybridized carbons (Fsp3) is 0.545. The van der Waals surface area contributed by atoms with Crippen molar-refractivity contribution in [2.45, 2.75) is 40.2 Å². The molecule has 1 rings (SSSR count). The molecule has 0 spiro atoms.